The molecule has 6 heteroatoms. The minimum atomic E-state index is -0.204. The standard InChI is InChI=1S/C14H15N3O3/c1-20-14(19)10-5-6-12-15-13(16-17(12)8-10)9-3-2-4-11(18)7-9/h2-4,7,10,18H,5-6,8H2,1H3. The minimum absolute atomic E-state index is 0.161. The van der Waals surface area contributed by atoms with Crippen LogP contribution >= 0.6 is 0 Å². The smallest absolute Gasteiger partial charge is 0.310 e. The Labute approximate surface area is 116 Å². The first-order valence-electron chi connectivity index (χ1n) is 6.48. The average Bonchev–Trinajstić information content (AvgIpc) is 2.89. The predicted molar refractivity (Wildman–Crippen MR) is 70.9 cm³/mol. The van der Waals surface area contributed by atoms with Gasteiger partial charge in [-0.3, -0.25) is 4.79 Å². The van der Waals surface area contributed by atoms with E-state index < -0.39 is 0 Å². The summed E-state index contributed by atoms with van der Waals surface area (Å²) >= 11 is 0. The van der Waals surface area contributed by atoms with Crippen molar-refractivity contribution in [3.05, 3.63) is 30.1 Å². The van der Waals surface area contributed by atoms with Crippen molar-refractivity contribution in [1.29, 1.82) is 0 Å². The number of phenols is 1. The molecule has 2 aromatic rings. The van der Waals surface area contributed by atoms with Gasteiger partial charge in [0.1, 0.15) is 11.6 Å². The van der Waals surface area contributed by atoms with Crippen molar-refractivity contribution in [2.45, 2.75) is 19.4 Å². The Morgan fingerprint density at radius 3 is 3.10 bits per heavy atom. The monoisotopic (exact) mass is 273 g/mol. The second-order valence-electron chi connectivity index (χ2n) is 4.84. The highest BCUT2D eigenvalue weighted by Gasteiger charge is 2.27. The molecule has 104 valence electrons. The van der Waals surface area contributed by atoms with Crippen molar-refractivity contribution in [2.75, 3.05) is 7.11 Å². The summed E-state index contributed by atoms with van der Waals surface area (Å²) in [4.78, 5) is 16.1. The molecule has 0 saturated carbocycles. The van der Waals surface area contributed by atoms with Crippen LogP contribution in [0.3, 0.4) is 0 Å². The number of carbonyl (C=O) groups is 1. The maximum Gasteiger partial charge on any atom is 0.310 e. The number of fused-ring (bicyclic) bond motifs is 1. The fourth-order valence-electron chi connectivity index (χ4n) is 2.44. The molecule has 3 rings (SSSR count). The van der Waals surface area contributed by atoms with Crippen molar-refractivity contribution in [2.24, 2.45) is 5.92 Å². The van der Waals surface area contributed by atoms with Crippen LogP contribution in [0.4, 0.5) is 0 Å². The van der Waals surface area contributed by atoms with Crippen LogP contribution in [0, 0.1) is 5.92 Å². The lowest BCUT2D eigenvalue weighted by Crippen LogP contribution is -2.28. The van der Waals surface area contributed by atoms with Crippen molar-refractivity contribution in [1.82, 2.24) is 14.8 Å². The Balaban J connectivity index is 1.89. The Morgan fingerprint density at radius 2 is 2.35 bits per heavy atom. The number of benzene rings is 1. The fourth-order valence-corrected chi connectivity index (χ4v) is 2.44. The van der Waals surface area contributed by atoms with Gasteiger partial charge < -0.3 is 9.84 Å². The normalized spacial score (nSPS) is 17.6. The molecule has 0 saturated heterocycles. The van der Waals surface area contributed by atoms with Crippen LogP contribution in [-0.2, 0) is 22.5 Å². The first-order chi connectivity index (χ1) is 9.67. The number of nitrogens with zero attached hydrogens (tertiary/aromatic N) is 3. The highest BCUT2D eigenvalue weighted by atomic mass is 16.5. The molecule has 1 atom stereocenters. The van der Waals surface area contributed by atoms with Crippen molar-refractivity contribution in [3.8, 4) is 17.1 Å². The number of ether oxygens (including phenoxy) is 1. The molecule has 1 aromatic heterocycles. The SMILES string of the molecule is COC(=O)C1CCc2nc(-c3cccc(O)c3)nn2C1. The molecule has 20 heavy (non-hydrogen) atoms. The lowest BCUT2D eigenvalue weighted by molar-refractivity contribution is -0.146. The molecular formula is C14H15N3O3. The van der Waals surface area contributed by atoms with Crippen LogP contribution in [0.5, 0.6) is 5.75 Å². The third kappa shape index (κ3) is 2.24. The van der Waals surface area contributed by atoms with Crippen LogP contribution < -0.4 is 0 Å². The van der Waals surface area contributed by atoms with E-state index in [9.17, 15) is 9.90 Å². The Kier molecular flexibility index (Phi) is 3.14. The molecule has 0 amide bonds. The highest BCUT2D eigenvalue weighted by Crippen LogP contribution is 2.24. The Morgan fingerprint density at radius 1 is 1.50 bits per heavy atom. The molecule has 0 fully saturated rings. The zero-order chi connectivity index (χ0) is 14.1. The van der Waals surface area contributed by atoms with E-state index in [4.69, 9.17) is 4.74 Å². The summed E-state index contributed by atoms with van der Waals surface area (Å²) < 4.78 is 6.53. The van der Waals surface area contributed by atoms with E-state index in [0.29, 0.717) is 18.8 Å². The third-order valence-corrected chi connectivity index (χ3v) is 3.50. The van der Waals surface area contributed by atoms with Gasteiger partial charge in [-0.15, -0.1) is 0 Å². The van der Waals surface area contributed by atoms with Crippen molar-refractivity contribution in [3.63, 3.8) is 0 Å². The van der Waals surface area contributed by atoms with Gasteiger partial charge in [0.25, 0.3) is 0 Å². The number of hydrogen-bond donors (Lipinski definition) is 1. The summed E-state index contributed by atoms with van der Waals surface area (Å²) in [6, 6.07) is 6.83. The molecule has 0 radical (unpaired) electrons. The molecule has 1 aliphatic rings. The molecule has 2 heterocycles. The molecule has 0 aliphatic carbocycles. The van der Waals surface area contributed by atoms with Crippen molar-refractivity contribution >= 4 is 5.97 Å². The number of aromatic hydroxyl groups is 1. The van der Waals surface area contributed by atoms with Crippen LogP contribution in [0.25, 0.3) is 11.4 Å². The van der Waals surface area contributed by atoms with Gasteiger partial charge in [-0.05, 0) is 18.6 Å². The highest BCUT2D eigenvalue weighted by molar-refractivity contribution is 5.72. The van der Waals surface area contributed by atoms with Gasteiger partial charge >= 0.3 is 5.97 Å². The van der Waals surface area contributed by atoms with Gasteiger partial charge in [0, 0.05) is 12.0 Å². The van der Waals surface area contributed by atoms with Crippen LogP contribution in [0.2, 0.25) is 0 Å². The average molecular weight is 273 g/mol. The molecule has 6 nitrogen and oxygen atoms in total. The summed E-state index contributed by atoms with van der Waals surface area (Å²) in [6.45, 7) is 0.494. The zero-order valence-electron chi connectivity index (χ0n) is 11.1. The number of methoxy groups -OCH3 is 1. The summed E-state index contributed by atoms with van der Waals surface area (Å²) in [5.41, 5.74) is 0.765. The molecule has 1 aliphatic heterocycles. The van der Waals surface area contributed by atoms with E-state index in [2.05, 4.69) is 10.1 Å². The first-order valence-corrected chi connectivity index (χ1v) is 6.48. The van der Waals surface area contributed by atoms with Gasteiger partial charge in [-0.25, -0.2) is 9.67 Å². The summed E-state index contributed by atoms with van der Waals surface area (Å²) in [7, 11) is 1.40. The Hall–Kier alpha value is -2.37. The summed E-state index contributed by atoms with van der Waals surface area (Å²) in [5.74, 6) is 1.25. The van der Waals surface area contributed by atoms with Gasteiger partial charge in [0.05, 0.1) is 19.6 Å². The molecule has 1 aromatic carbocycles. The second kappa shape index (κ2) is 4.96. The lowest BCUT2D eigenvalue weighted by Gasteiger charge is -2.19. The van der Waals surface area contributed by atoms with Gasteiger partial charge in [0.2, 0.25) is 0 Å². The molecule has 1 N–H and O–H groups in total. The van der Waals surface area contributed by atoms with E-state index in [0.717, 1.165) is 17.8 Å². The summed E-state index contributed by atoms with van der Waals surface area (Å²) in [5, 5.41) is 13.9. The maximum absolute atomic E-state index is 11.6. The number of aryl methyl sites for hydroxylation is 1. The number of hydrogen-bond acceptors (Lipinski definition) is 5. The van der Waals surface area contributed by atoms with Gasteiger partial charge in [-0.1, -0.05) is 12.1 Å². The van der Waals surface area contributed by atoms with Crippen LogP contribution in [-0.4, -0.2) is 33.0 Å². The number of esters is 1. The molecule has 0 spiro atoms. The molecule has 1 unspecified atom stereocenters. The maximum atomic E-state index is 11.6. The molecule has 0 bridgehead atoms. The Bertz CT molecular complexity index is 651. The van der Waals surface area contributed by atoms with E-state index >= 15 is 0 Å². The van der Waals surface area contributed by atoms with E-state index in [1.807, 2.05) is 6.07 Å². The van der Waals surface area contributed by atoms with Crippen LogP contribution in [0.15, 0.2) is 24.3 Å². The predicted octanol–water partition coefficient (Wildman–Crippen LogP) is 1.39. The minimum Gasteiger partial charge on any atom is -0.508 e. The fraction of sp³-hybridized carbons (Fsp3) is 0.357. The lowest BCUT2D eigenvalue weighted by atomic mass is 10.0. The topological polar surface area (TPSA) is 77.2 Å². The van der Waals surface area contributed by atoms with Gasteiger partial charge in [-0.2, -0.15) is 5.10 Å². The molecular weight excluding hydrogens is 258 g/mol. The third-order valence-electron chi connectivity index (χ3n) is 3.50. The first kappa shape index (κ1) is 12.7. The van der Waals surface area contributed by atoms with E-state index in [1.54, 1.807) is 22.9 Å². The number of carbonyl (C=O) groups excluding carboxylic acids is 1. The second-order valence-corrected chi connectivity index (χ2v) is 4.84. The quantitative estimate of drug-likeness (QED) is 0.837. The number of aromatic nitrogens is 3. The van der Waals surface area contributed by atoms with E-state index in [1.165, 1.54) is 7.11 Å². The van der Waals surface area contributed by atoms with Crippen LogP contribution in [0.1, 0.15) is 12.2 Å². The number of phenolic OH excluding ortho intramolecular Hbond substituents is 1. The van der Waals surface area contributed by atoms with Gasteiger partial charge in [0.15, 0.2) is 5.82 Å². The summed E-state index contributed by atoms with van der Waals surface area (Å²) in [6.07, 6.45) is 1.43. The zero-order valence-corrected chi connectivity index (χ0v) is 11.1. The van der Waals surface area contributed by atoms with E-state index in [-0.39, 0.29) is 17.6 Å². The van der Waals surface area contributed by atoms with Crippen molar-refractivity contribution < 1.29 is 14.6 Å². The number of rotatable bonds is 2. The largest absolute Gasteiger partial charge is 0.508 e.